The maximum absolute atomic E-state index is 11.7. The maximum Gasteiger partial charge on any atom is 0.220 e. The van der Waals surface area contributed by atoms with Crippen molar-refractivity contribution in [2.24, 2.45) is 5.73 Å². The fraction of sp³-hybridized carbons (Fsp3) is 0.350. The lowest BCUT2D eigenvalue weighted by Gasteiger charge is -2.42. The van der Waals surface area contributed by atoms with Crippen LogP contribution < -0.4 is 10.5 Å². The number of carbonyl (C=O) groups excluding carboxylic acids is 1. The van der Waals surface area contributed by atoms with Gasteiger partial charge in [0.2, 0.25) is 5.91 Å². The van der Waals surface area contributed by atoms with E-state index in [1.165, 1.54) is 5.56 Å². The van der Waals surface area contributed by atoms with Gasteiger partial charge in [0, 0.05) is 24.7 Å². The number of halogens is 1. The number of nitrogens with two attached hydrogens (primary N) is 1. The second kappa shape index (κ2) is 8.54. The van der Waals surface area contributed by atoms with E-state index in [0.717, 1.165) is 13.1 Å². The molecule has 2 aromatic carbocycles. The van der Waals surface area contributed by atoms with E-state index in [4.69, 9.17) is 26.8 Å². The Kier molecular flexibility index (Phi) is 6.14. The molecule has 26 heavy (non-hydrogen) atoms. The Bertz CT molecular complexity index is 741. The van der Waals surface area contributed by atoms with Gasteiger partial charge in [-0.1, -0.05) is 48.0 Å². The van der Waals surface area contributed by atoms with Gasteiger partial charge in [-0.3, -0.25) is 9.69 Å². The molecule has 1 aliphatic rings. The third kappa shape index (κ3) is 5.21. The lowest BCUT2D eigenvalue weighted by Crippen LogP contribution is -2.56. The van der Waals surface area contributed by atoms with Gasteiger partial charge >= 0.3 is 0 Å². The number of primary amides is 1. The van der Waals surface area contributed by atoms with Crippen LogP contribution in [0.1, 0.15) is 12.0 Å². The number of ether oxygens (including phenoxy) is 2. The summed E-state index contributed by atoms with van der Waals surface area (Å²) in [5.41, 5.74) is 5.94. The molecule has 3 rings (SSSR count). The minimum Gasteiger partial charge on any atom is -0.490 e. The molecular weight excluding hydrogens is 352 g/mol. The number of morpholine rings is 1. The van der Waals surface area contributed by atoms with Gasteiger partial charge in [0.1, 0.15) is 18.0 Å². The molecular formula is C20H23ClN2O3. The van der Waals surface area contributed by atoms with Gasteiger partial charge in [0.05, 0.1) is 13.0 Å². The van der Waals surface area contributed by atoms with Gasteiger partial charge in [-0.2, -0.15) is 0 Å². The van der Waals surface area contributed by atoms with Crippen molar-refractivity contribution in [3.8, 4) is 5.75 Å². The van der Waals surface area contributed by atoms with Crippen molar-refractivity contribution in [3.63, 3.8) is 0 Å². The first-order valence-electron chi connectivity index (χ1n) is 8.62. The average molecular weight is 375 g/mol. The molecule has 1 amide bonds. The summed E-state index contributed by atoms with van der Waals surface area (Å²) < 4.78 is 11.9. The smallest absolute Gasteiger partial charge is 0.220 e. The fourth-order valence-corrected chi connectivity index (χ4v) is 3.41. The molecule has 1 aliphatic heterocycles. The van der Waals surface area contributed by atoms with E-state index in [0.29, 0.717) is 23.9 Å². The van der Waals surface area contributed by atoms with Crippen molar-refractivity contribution in [1.29, 1.82) is 0 Å². The quantitative estimate of drug-likeness (QED) is 0.809. The highest BCUT2D eigenvalue weighted by atomic mass is 35.5. The summed E-state index contributed by atoms with van der Waals surface area (Å²) in [5, 5.41) is 0.599. The highest BCUT2D eigenvalue weighted by Gasteiger charge is 2.39. The summed E-state index contributed by atoms with van der Waals surface area (Å²) in [7, 11) is 0. The largest absolute Gasteiger partial charge is 0.490 e. The fourth-order valence-electron chi connectivity index (χ4n) is 3.23. The van der Waals surface area contributed by atoms with E-state index < -0.39 is 11.5 Å². The summed E-state index contributed by atoms with van der Waals surface area (Å²) in [6.45, 7) is 2.93. The molecule has 1 atom stereocenters. The van der Waals surface area contributed by atoms with Crippen molar-refractivity contribution < 1.29 is 14.3 Å². The molecule has 0 spiro atoms. The molecule has 2 N–H and O–H groups in total. The average Bonchev–Trinajstić information content (AvgIpc) is 2.61. The molecule has 0 bridgehead atoms. The maximum atomic E-state index is 11.7. The molecule has 0 saturated carbocycles. The molecule has 1 heterocycles. The van der Waals surface area contributed by atoms with Crippen LogP contribution in [-0.2, 0) is 16.1 Å². The van der Waals surface area contributed by atoms with E-state index in [1.807, 2.05) is 30.3 Å². The SMILES string of the molecule is NC(=O)C[C@]1(COc2cccc(Cl)c2)CN(Cc2ccccc2)CCO1. The zero-order valence-corrected chi connectivity index (χ0v) is 15.3. The molecule has 0 radical (unpaired) electrons. The molecule has 0 unspecified atom stereocenters. The summed E-state index contributed by atoms with van der Waals surface area (Å²) in [4.78, 5) is 13.9. The molecule has 1 fully saturated rings. The third-order valence-electron chi connectivity index (χ3n) is 4.37. The van der Waals surface area contributed by atoms with Gasteiger partial charge in [0.15, 0.2) is 0 Å². The van der Waals surface area contributed by atoms with Crippen LogP contribution in [0.25, 0.3) is 0 Å². The second-order valence-corrected chi connectivity index (χ2v) is 7.05. The molecule has 2 aromatic rings. The third-order valence-corrected chi connectivity index (χ3v) is 4.61. The predicted octanol–water partition coefficient (Wildman–Crippen LogP) is 2.87. The number of rotatable bonds is 7. The Morgan fingerprint density at radius 1 is 1.23 bits per heavy atom. The zero-order chi connectivity index (χ0) is 18.4. The van der Waals surface area contributed by atoms with Crippen LogP contribution >= 0.6 is 11.6 Å². The summed E-state index contributed by atoms with van der Waals surface area (Å²) in [5.74, 6) is 0.242. The highest BCUT2D eigenvalue weighted by Crippen LogP contribution is 2.26. The summed E-state index contributed by atoms with van der Waals surface area (Å²) in [6.07, 6.45) is 0.110. The topological polar surface area (TPSA) is 64.8 Å². The van der Waals surface area contributed by atoms with Crippen molar-refractivity contribution in [2.45, 2.75) is 18.6 Å². The molecule has 138 valence electrons. The van der Waals surface area contributed by atoms with E-state index in [9.17, 15) is 4.79 Å². The number of hydrogen-bond acceptors (Lipinski definition) is 4. The van der Waals surface area contributed by atoms with Crippen molar-refractivity contribution in [2.75, 3.05) is 26.3 Å². The van der Waals surface area contributed by atoms with E-state index in [-0.39, 0.29) is 13.0 Å². The number of hydrogen-bond donors (Lipinski definition) is 1. The van der Waals surface area contributed by atoms with Crippen molar-refractivity contribution in [1.82, 2.24) is 4.90 Å². The van der Waals surface area contributed by atoms with Gasteiger partial charge in [-0.15, -0.1) is 0 Å². The first-order chi connectivity index (χ1) is 12.5. The standard InChI is InChI=1S/C20H23ClN2O3/c21-17-7-4-8-18(11-17)25-15-20(12-19(22)24)14-23(9-10-26-20)13-16-5-2-1-3-6-16/h1-8,11H,9-10,12-15H2,(H2,22,24)/t20-/m1/s1. The van der Waals surface area contributed by atoms with Crippen molar-refractivity contribution in [3.05, 3.63) is 65.2 Å². The van der Waals surface area contributed by atoms with Gasteiger partial charge in [-0.25, -0.2) is 0 Å². The van der Waals surface area contributed by atoms with Gasteiger partial charge in [-0.05, 0) is 23.8 Å². The number of amides is 1. The Morgan fingerprint density at radius 3 is 2.77 bits per heavy atom. The predicted molar refractivity (Wildman–Crippen MR) is 101 cm³/mol. The van der Waals surface area contributed by atoms with Crippen LogP contribution in [0.2, 0.25) is 5.02 Å². The van der Waals surface area contributed by atoms with E-state index in [2.05, 4.69) is 17.0 Å². The Balaban J connectivity index is 1.70. The number of carbonyl (C=O) groups is 1. The van der Waals surface area contributed by atoms with Gasteiger partial charge < -0.3 is 15.2 Å². The monoisotopic (exact) mass is 374 g/mol. The minimum atomic E-state index is -0.763. The van der Waals surface area contributed by atoms with Crippen LogP contribution in [-0.4, -0.2) is 42.7 Å². The lowest BCUT2D eigenvalue weighted by atomic mass is 9.97. The Hall–Kier alpha value is -2.08. The van der Waals surface area contributed by atoms with Crippen LogP contribution in [0, 0.1) is 0 Å². The van der Waals surface area contributed by atoms with Crippen LogP contribution in [0.4, 0.5) is 0 Å². The van der Waals surface area contributed by atoms with Crippen LogP contribution in [0.5, 0.6) is 5.75 Å². The van der Waals surface area contributed by atoms with Gasteiger partial charge in [0.25, 0.3) is 0 Å². The number of nitrogens with zero attached hydrogens (tertiary/aromatic N) is 1. The number of benzene rings is 2. The first kappa shape index (κ1) is 18.7. The highest BCUT2D eigenvalue weighted by molar-refractivity contribution is 6.30. The first-order valence-corrected chi connectivity index (χ1v) is 8.99. The summed E-state index contributed by atoms with van der Waals surface area (Å²) in [6, 6.07) is 17.4. The molecule has 0 aliphatic carbocycles. The molecule has 0 aromatic heterocycles. The van der Waals surface area contributed by atoms with Crippen LogP contribution in [0.15, 0.2) is 54.6 Å². The van der Waals surface area contributed by atoms with E-state index in [1.54, 1.807) is 12.1 Å². The zero-order valence-electron chi connectivity index (χ0n) is 14.6. The van der Waals surface area contributed by atoms with Crippen molar-refractivity contribution >= 4 is 17.5 Å². The normalized spacial score (nSPS) is 20.7. The molecule has 5 nitrogen and oxygen atoms in total. The van der Waals surface area contributed by atoms with E-state index >= 15 is 0 Å². The lowest BCUT2D eigenvalue weighted by molar-refractivity contribution is -0.148. The Labute approximate surface area is 158 Å². The molecule has 1 saturated heterocycles. The molecule has 6 heteroatoms. The van der Waals surface area contributed by atoms with Crippen LogP contribution in [0.3, 0.4) is 0 Å². The summed E-state index contributed by atoms with van der Waals surface area (Å²) >= 11 is 6.01. The Morgan fingerprint density at radius 2 is 2.04 bits per heavy atom. The minimum absolute atomic E-state index is 0.110. The second-order valence-electron chi connectivity index (χ2n) is 6.62.